The van der Waals surface area contributed by atoms with Gasteiger partial charge in [-0.1, -0.05) is 103 Å². The van der Waals surface area contributed by atoms with Crippen LogP contribution >= 0.6 is 0 Å². The van der Waals surface area contributed by atoms with Gasteiger partial charge in [-0.2, -0.15) is 0 Å². The Labute approximate surface area is 194 Å². The highest BCUT2D eigenvalue weighted by Crippen LogP contribution is 2.39. The lowest BCUT2D eigenvalue weighted by Crippen LogP contribution is -2.14. The van der Waals surface area contributed by atoms with E-state index >= 15 is 0 Å². The molecule has 1 heteroatoms. The molecule has 0 spiro atoms. The lowest BCUT2D eigenvalue weighted by atomic mass is 9.76. The van der Waals surface area contributed by atoms with Crippen molar-refractivity contribution in [2.24, 2.45) is 5.92 Å². The Balaban J connectivity index is 1.61. The fraction of sp³-hybridized carbons (Fsp3) is 0.800. The van der Waals surface area contributed by atoms with E-state index in [1.807, 2.05) is 0 Å². The molecule has 0 heterocycles. The first-order chi connectivity index (χ1) is 15.2. The first-order valence-corrected chi connectivity index (χ1v) is 14.0. The largest absolute Gasteiger partial charge is 0.494 e. The van der Waals surface area contributed by atoms with Crippen LogP contribution in [-0.2, 0) is 0 Å². The number of ether oxygens (including phenoxy) is 1. The third kappa shape index (κ3) is 10.9. The number of aryl methyl sites for hydroxylation is 1. The Morgan fingerprint density at radius 2 is 1.29 bits per heavy atom. The second kappa shape index (κ2) is 16.6. The van der Waals surface area contributed by atoms with Gasteiger partial charge in [-0.05, 0) is 74.1 Å². The fourth-order valence-electron chi connectivity index (χ4n) is 5.42. The predicted molar refractivity (Wildman–Crippen MR) is 137 cm³/mol. The molecule has 1 fully saturated rings. The predicted octanol–water partition coefficient (Wildman–Crippen LogP) is 10.1. The quantitative estimate of drug-likeness (QED) is 0.224. The molecule has 0 amide bonds. The van der Waals surface area contributed by atoms with Crippen LogP contribution in [0.3, 0.4) is 0 Å². The molecule has 31 heavy (non-hydrogen) atoms. The minimum absolute atomic E-state index is 0.776. The van der Waals surface area contributed by atoms with Crippen LogP contribution in [0.15, 0.2) is 18.2 Å². The molecule has 2 rings (SSSR count). The Morgan fingerprint density at radius 3 is 1.90 bits per heavy atom. The Hall–Kier alpha value is -0.980. The SMILES string of the molecule is CCCCCCCCCC1CCC(c2ccc(OCCCCCCCC)cc2C)CC1. The molecule has 1 aromatic rings. The van der Waals surface area contributed by atoms with Gasteiger partial charge in [-0.25, -0.2) is 0 Å². The number of hydrogen-bond acceptors (Lipinski definition) is 1. The van der Waals surface area contributed by atoms with Crippen LogP contribution in [0.4, 0.5) is 0 Å². The molecular weight excluding hydrogens is 376 g/mol. The molecule has 1 nitrogen and oxygen atoms in total. The minimum Gasteiger partial charge on any atom is -0.494 e. The molecule has 0 bridgehead atoms. The molecule has 0 aromatic heterocycles. The second-order valence-corrected chi connectivity index (χ2v) is 10.3. The number of unbranched alkanes of at least 4 members (excludes halogenated alkanes) is 11. The van der Waals surface area contributed by atoms with Gasteiger partial charge >= 0.3 is 0 Å². The summed E-state index contributed by atoms with van der Waals surface area (Å²) < 4.78 is 6.04. The third-order valence-corrected chi connectivity index (χ3v) is 7.51. The van der Waals surface area contributed by atoms with E-state index < -0.39 is 0 Å². The summed E-state index contributed by atoms with van der Waals surface area (Å²) >= 11 is 0. The Kier molecular flexibility index (Phi) is 14.1. The summed E-state index contributed by atoms with van der Waals surface area (Å²) in [4.78, 5) is 0. The topological polar surface area (TPSA) is 9.23 Å². The molecule has 1 aromatic carbocycles. The molecule has 0 saturated heterocycles. The normalized spacial score (nSPS) is 18.9. The summed E-state index contributed by atoms with van der Waals surface area (Å²) in [6.45, 7) is 7.74. The molecular formula is C30H52O. The van der Waals surface area contributed by atoms with Gasteiger partial charge in [-0.3, -0.25) is 0 Å². The van der Waals surface area contributed by atoms with Crippen molar-refractivity contribution in [3.8, 4) is 5.75 Å². The van der Waals surface area contributed by atoms with Crippen molar-refractivity contribution in [2.45, 2.75) is 142 Å². The van der Waals surface area contributed by atoms with Crippen molar-refractivity contribution >= 4 is 0 Å². The summed E-state index contributed by atoms with van der Waals surface area (Å²) in [6, 6.07) is 6.88. The van der Waals surface area contributed by atoms with E-state index in [1.54, 1.807) is 5.56 Å². The van der Waals surface area contributed by atoms with Gasteiger partial charge < -0.3 is 4.74 Å². The first kappa shape index (κ1) is 26.3. The molecule has 1 aliphatic carbocycles. The van der Waals surface area contributed by atoms with Gasteiger partial charge in [0.1, 0.15) is 5.75 Å². The highest BCUT2D eigenvalue weighted by atomic mass is 16.5. The van der Waals surface area contributed by atoms with Gasteiger partial charge in [0.15, 0.2) is 0 Å². The number of hydrogen-bond donors (Lipinski definition) is 0. The van der Waals surface area contributed by atoms with Gasteiger partial charge in [-0.15, -0.1) is 0 Å². The van der Waals surface area contributed by atoms with E-state index in [0.29, 0.717) is 0 Å². The fourth-order valence-corrected chi connectivity index (χ4v) is 5.42. The smallest absolute Gasteiger partial charge is 0.119 e. The molecule has 0 unspecified atom stereocenters. The van der Waals surface area contributed by atoms with Crippen LogP contribution in [0.1, 0.15) is 146 Å². The summed E-state index contributed by atoms with van der Waals surface area (Å²) in [7, 11) is 0. The standard InChI is InChI=1S/C30H52O/c1-4-6-8-10-12-13-15-17-27-18-20-28(21-19-27)30-23-22-29(25-26(30)3)31-24-16-14-11-9-7-5-2/h22-23,25,27-28H,4-21,24H2,1-3H3. The molecule has 0 radical (unpaired) electrons. The zero-order valence-electron chi connectivity index (χ0n) is 21.2. The molecule has 0 atom stereocenters. The summed E-state index contributed by atoms with van der Waals surface area (Å²) in [5.41, 5.74) is 3.03. The average molecular weight is 429 g/mol. The van der Waals surface area contributed by atoms with Crippen LogP contribution in [-0.4, -0.2) is 6.61 Å². The minimum atomic E-state index is 0.776. The van der Waals surface area contributed by atoms with Gasteiger partial charge in [0.25, 0.3) is 0 Å². The van der Waals surface area contributed by atoms with Crippen molar-refractivity contribution in [1.29, 1.82) is 0 Å². The lowest BCUT2D eigenvalue weighted by molar-refractivity contribution is 0.298. The monoisotopic (exact) mass is 428 g/mol. The molecule has 178 valence electrons. The molecule has 0 aliphatic heterocycles. The summed E-state index contributed by atoms with van der Waals surface area (Å²) in [5, 5.41) is 0. The maximum absolute atomic E-state index is 6.04. The highest BCUT2D eigenvalue weighted by Gasteiger charge is 2.23. The van der Waals surface area contributed by atoms with Crippen LogP contribution in [0.5, 0.6) is 5.75 Å². The molecule has 1 saturated carbocycles. The van der Waals surface area contributed by atoms with Crippen LogP contribution in [0, 0.1) is 12.8 Å². The van der Waals surface area contributed by atoms with Crippen molar-refractivity contribution in [2.75, 3.05) is 6.61 Å². The van der Waals surface area contributed by atoms with Gasteiger partial charge in [0.05, 0.1) is 6.61 Å². The highest BCUT2D eigenvalue weighted by molar-refractivity contribution is 5.37. The Morgan fingerprint density at radius 1 is 0.710 bits per heavy atom. The maximum Gasteiger partial charge on any atom is 0.119 e. The van der Waals surface area contributed by atoms with E-state index in [0.717, 1.165) is 24.2 Å². The second-order valence-electron chi connectivity index (χ2n) is 10.3. The third-order valence-electron chi connectivity index (χ3n) is 7.51. The summed E-state index contributed by atoms with van der Waals surface area (Å²) in [6.07, 6.45) is 25.1. The van der Waals surface area contributed by atoms with E-state index in [1.165, 1.54) is 121 Å². The maximum atomic E-state index is 6.04. The van der Waals surface area contributed by atoms with E-state index in [2.05, 4.69) is 39.0 Å². The van der Waals surface area contributed by atoms with Crippen LogP contribution in [0.2, 0.25) is 0 Å². The zero-order valence-corrected chi connectivity index (χ0v) is 21.2. The first-order valence-electron chi connectivity index (χ1n) is 14.0. The van der Waals surface area contributed by atoms with E-state index in [9.17, 15) is 0 Å². The molecule has 1 aliphatic rings. The van der Waals surface area contributed by atoms with E-state index in [-0.39, 0.29) is 0 Å². The van der Waals surface area contributed by atoms with Gasteiger partial charge in [0, 0.05) is 0 Å². The zero-order chi connectivity index (χ0) is 22.2. The Bertz CT molecular complexity index is 556. The van der Waals surface area contributed by atoms with Crippen molar-refractivity contribution in [3.63, 3.8) is 0 Å². The van der Waals surface area contributed by atoms with Crippen molar-refractivity contribution in [3.05, 3.63) is 29.3 Å². The van der Waals surface area contributed by atoms with Gasteiger partial charge in [0.2, 0.25) is 0 Å². The average Bonchev–Trinajstić information content (AvgIpc) is 2.78. The van der Waals surface area contributed by atoms with Crippen molar-refractivity contribution in [1.82, 2.24) is 0 Å². The van der Waals surface area contributed by atoms with Crippen LogP contribution in [0.25, 0.3) is 0 Å². The van der Waals surface area contributed by atoms with Crippen molar-refractivity contribution < 1.29 is 4.74 Å². The lowest BCUT2D eigenvalue weighted by Gasteiger charge is -2.30. The van der Waals surface area contributed by atoms with E-state index in [4.69, 9.17) is 4.74 Å². The van der Waals surface area contributed by atoms with Crippen LogP contribution < -0.4 is 4.74 Å². The number of rotatable bonds is 17. The summed E-state index contributed by atoms with van der Waals surface area (Å²) in [5.74, 6) is 2.84. The number of benzene rings is 1. The molecule has 0 N–H and O–H groups in total.